The molecule has 1 aromatic rings. The minimum Gasteiger partial charge on any atom is -0.396 e. The quantitative estimate of drug-likeness (QED) is 0.739. The van der Waals surface area contributed by atoms with Gasteiger partial charge in [-0.25, -0.2) is 0 Å². The molecule has 1 unspecified atom stereocenters. The highest BCUT2D eigenvalue weighted by molar-refractivity contribution is 5.78. The van der Waals surface area contributed by atoms with Crippen molar-refractivity contribution >= 4 is 5.91 Å². The molecule has 94 valence electrons. The zero-order valence-electron chi connectivity index (χ0n) is 9.67. The summed E-state index contributed by atoms with van der Waals surface area (Å²) < 4.78 is 0. The first-order valence-corrected chi connectivity index (χ1v) is 5.94. The third kappa shape index (κ3) is 3.00. The molecule has 2 heterocycles. The molecule has 0 bridgehead atoms. The van der Waals surface area contributed by atoms with E-state index in [-0.39, 0.29) is 25.0 Å². The van der Waals surface area contributed by atoms with Crippen molar-refractivity contribution in [1.29, 1.82) is 0 Å². The Bertz CT molecular complexity index is 352. The lowest BCUT2D eigenvalue weighted by Crippen LogP contribution is -2.45. The maximum atomic E-state index is 12.1. The third-order valence-electron chi connectivity index (χ3n) is 3.11. The number of rotatable bonds is 4. The number of hydrogen-bond donors (Lipinski definition) is 2. The number of carbonyl (C=O) groups excluding carboxylic acids is 1. The molecule has 17 heavy (non-hydrogen) atoms. The Morgan fingerprint density at radius 2 is 2.41 bits per heavy atom. The summed E-state index contributed by atoms with van der Waals surface area (Å²) in [7, 11) is 0. The maximum Gasteiger partial charge on any atom is 0.230 e. The number of nitrogens with one attached hydrogen (secondary N) is 1. The largest absolute Gasteiger partial charge is 0.396 e. The van der Waals surface area contributed by atoms with Crippen molar-refractivity contribution < 1.29 is 9.90 Å². The van der Waals surface area contributed by atoms with Gasteiger partial charge in [-0.1, -0.05) is 5.21 Å². The Hall–Kier alpha value is -1.50. The van der Waals surface area contributed by atoms with Crippen LogP contribution in [0, 0.1) is 0 Å². The monoisotopic (exact) mass is 239 g/mol. The molecule has 2 N–H and O–H groups in total. The second-order valence-corrected chi connectivity index (χ2v) is 4.25. The van der Waals surface area contributed by atoms with Crippen molar-refractivity contribution in [2.75, 3.05) is 13.2 Å². The number of likely N-dealkylation sites (tertiary alicyclic amines) is 1. The van der Waals surface area contributed by atoms with Gasteiger partial charge in [-0.3, -0.25) is 4.79 Å². The van der Waals surface area contributed by atoms with E-state index in [2.05, 4.69) is 20.6 Å². The van der Waals surface area contributed by atoms with Gasteiger partial charge in [-0.15, -0.1) is 10.2 Å². The molecule has 0 saturated carbocycles. The zero-order valence-corrected chi connectivity index (χ0v) is 9.67. The summed E-state index contributed by atoms with van der Waals surface area (Å²) in [6.07, 6.45) is 3.95. The fraction of sp³-hybridized carbons (Fsp3) is 0.800. The predicted molar refractivity (Wildman–Crippen MR) is 58.9 cm³/mol. The Balaban J connectivity index is 1.96. The molecule has 1 fully saturated rings. The number of tetrazole rings is 1. The Kier molecular flexibility index (Phi) is 4.03. The van der Waals surface area contributed by atoms with E-state index in [0.717, 1.165) is 25.8 Å². The van der Waals surface area contributed by atoms with Gasteiger partial charge in [0.25, 0.3) is 0 Å². The van der Waals surface area contributed by atoms with Gasteiger partial charge >= 0.3 is 0 Å². The van der Waals surface area contributed by atoms with Crippen LogP contribution in [0.25, 0.3) is 0 Å². The second kappa shape index (κ2) is 5.72. The fourth-order valence-corrected chi connectivity index (χ4v) is 2.27. The maximum absolute atomic E-state index is 12.1. The summed E-state index contributed by atoms with van der Waals surface area (Å²) in [5, 5.41) is 22.3. The molecule has 1 aromatic heterocycles. The number of aromatic amines is 1. The molecular weight excluding hydrogens is 222 g/mol. The van der Waals surface area contributed by atoms with Crippen LogP contribution in [0.3, 0.4) is 0 Å². The SMILES string of the molecule is O=C(Cc1nn[nH]n1)N1CCCCC1CCO. The van der Waals surface area contributed by atoms with Gasteiger partial charge < -0.3 is 10.0 Å². The van der Waals surface area contributed by atoms with E-state index in [1.54, 1.807) is 0 Å². The number of aromatic nitrogens is 4. The molecule has 7 heteroatoms. The molecule has 7 nitrogen and oxygen atoms in total. The molecule has 0 aromatic carbocycles. The first kappa shape index (κ1) is 12.0. The van der Waals surface area contributed by atoms with E-state index < -0.39 is 0 Å². The Morgan fingerprint density at radius 1 is 1.53 bits per heavy atom. The number of nitrogens with zero attached hydrogens (tertiary/aromatic N) is 4. The molecule has 1 aliphatic rings. The van der Waals surface area contributed by atoms with Crippen molar-refractivity contribution in [3.8, 4) is 0 Å². The molecule has 1 amide bonds. The van der Waals surface area contributed by atoms with E-state index >= 15 is 0 Å². The van der Waals surface area contributed by atoms with Gasteiger partial charge in [-0.05, 0) is 25.7 Å². The molecule has 1 aliphatic heterocycles. The van der Waals surface area contributed by atoms with Crippen LogP contribution in [0.15, 0.2) is 0 Å². The van der Waals surface area contributed by atoms with E-state index in [1.807, 2.05) is 4.90 Å². The minimum absolute atomic E-state index is 0.0181. The second-order valence-electron chi connectivity index (χ2n) is 4.25. The van der Waals surface area contributed by atoms with E-state index in [0.29, 0.717) is 12.2 Å². The summed E-state index contributed by atoms with van der Waals surface area (Å²) in [5.41, 5.74) is 0. The molecule has 0 spiro atoms. The van der Waals surface area contributed by atoms with Gasteiger partial charge in [-0.2, -0.15) is 5.21 Å². The molecule has 0 radical (unpaired) electrons. The molecule has 1 saturated heterocycles. The van der Waals surface area contributed by atoms with Crippen molar-refractivity contribution in [1.82, 2.24) is 25.5 Å². The molecular formula is C10H17N5O2. The van der Waals surface area contributed by atoms with Gasteiger partial charge in [0.05, 0.1) is 6.42 Å². The number of H-pyrrole nitrogens is 1. The topological polar surface area (TPSA) is 95.0 Å². The van der Waals surface area contributed by atoms with Crippen molar-refractivity contribution in [3.05, 3.63) is 5.82 Å². The van der Waals surface area contributed by atoms with Crippen molar-refractivity contribution in [2.45, 2.75) is 38.1 Å². The number of amides is 1. The number of hydrogen-bond acceptors (Lipinski definition) is 5. The average molecular weight is 239 g/mol. The van der Waals surface area contributed by atoms with Crippen LogP contribution in [0.5, 0.6) is 0 Å². The molecule has 2 rings (SSSR count). The summed E-state index contributed by atoms with van der Waals surface area (Å²) >= 11 is 0. The smallest absolute Gasteiger partial charge is 0.230 e. The van der Waals surface area contributed by atoms with Crippen molar-refractivity contribution in [2.24, 2.45) is 0 Å². The predicted octanol–water partition coefficient (Wildman–Crippen LogP) is -0.494. The minimum atomic E-state index is 0.0181. The van der Waals surface area contributed by atoms with Crippen LogP contribution < -0.4 is 0 Å². The summed E-state index contributed by atoms with van der Waals surface area (Å²) in [5.74, 6) is 0.438. The zero-order chi connectivity index (χ0) is 12.1. The van der Waals surface area contributed by atoms with Crippen LogP contribution >= 0.6 is 0 Å². The lowest BCUT2D eigenvalue weighted by atomic mass is 9.99. The normalized spacial score (nSPS) is 20.5. The van der Waals surface area contributed by atoms with Crippen molar-refractivity contribution in [3.63, 3.8) is 0 Å². The fourth-order valence-electron chi connectivity index (χ4n) is 2.27. The lowest BCUT2D eigenvalue weighted by molar-refractivity contribution is -0.134. The van der Waals surface area contributed by atoms with E-state index in [9.17, 15) is 4.79 Å². The molecule has 1 atom stereocenters. The lowest BCUT2D eigenvalue weighted by Gasteiger charge is -2.35. The number of carbonyl (C=O) groups is 1. The first-order valence-electron chi connectivity index (χ1n) is 5.94. The highest BCUT2D eigenvalue weighted by Gasteiger charge is 2.26. The van der Waals surface area contributed by atoms with E-state index in [4.69, 9.17) is 5.11 Å². The highest BCUT2D eigenvalue weighted by atomic mass is 16.3. The van der Waals surface area contributed by atoms with Gasteiger partial charge in [0.15, 0.2) is 5.82 Å². The number of aliphatic hydroxyl groups is 1. The number of piperidine rings is 1. The number of aliphatic hydroxyl groups excluding tert-OH is 1. The standard InChI is InChI=1S/C10H17N5O2/c16-6-4-8-3-1-2-5-15(8)10(17)7-9-11-13-14-12-9/h8,16H,1-7H2,(H,11,12,13,14). The highest BCUT2D eigenvalue weighted by Crippen LogP contribution is 2.20. The average Bonchev–Trinajstić information content (AvgIpc) is 2.83. The van der Waals surface area contributed by atoms with Crippen LogP contribution in [0.4, 0.5) is 0 Å². The third-order valence-corrected chi connectivity index (χ3v) is 3.11. The van der Waals surface area contributed by atoms with Crippen LogP contribution in [0.1, 0.15) is 31.5 Å². The van der Waals surface area contributed by atoms with Gasteiger partial charge in [0.1, 0.15) is 0 Å². The molecule has 0 aliphatic carbocycles. The summed E-state index contributed by atoms with van der Waals surface area (Å²) in [6.45, 7) is 0.887. The summed E-state index contributed by atoms with van der Waals surface area (Å²) in [4.78, 5) is 13.9. The van der Waals surface area contributed by atoms with Gasteiger partial charge in [0, 0.05) is 19.2 Å². The van der Waals surface area contributed by atoms with Crippen LogP contribution in [-0.2, 0) is 11.2 Å². The van der Waals surface area contributed by atoms with Crippen LogP contribution in [-0.4, -0.2) is 55.7 Å². The van der Waals surface area contributed by atoms with E-state index in [1.165, 1.54) is 0 Å². The Labute approximate surface area is 99.2 Å². The Morgan fingerprint density at radius 3 is 3.12 bits per heavy atom. The summed E-state index contributed by atoms with van der Waals surface area (Å²) in [6, 6.07) is 0.160. The van der Waals surface area contributed by atoms with Crippen LogP contribution in [0.2, 0.25) is 0 Å². The first-order chi connectivity index (χ1) is 8.31. The van der Waals surface area contributed by atoms with Gasteiger partial charge in [0.2, 0.25) is 5.91 Å².